The molecule has 4 nitrogen and oxygen atoms in total. The lowest BCUT2D eigenvalue weighted by Crippen LogP contribution is -2.51. The average molecular weight is 301 g/mol. The van der Waals surface area contributed by atoms with E-state index in [2.05, 4.69) is 5.32 Å². The number of rotatable bonds is 2. The van der Waals surface area contributed by atoms with Crippen LogP contribution in [0.2, 0.25) is 5.02 Å². The third-order valence-corrected chi connectivity index (χ3v) is 3.67. The average Bonchev–Trinajstić information content (AvgIpc) is 2.48. The van der Waals surface area contributed by atoms with E-state index in [0.29, 0.717) is 10.7 Å². The molecule has 2 aromatic rings. The number of carbonyl (C=O) groups is 2. The van der Waals surface area contributed by atoms with Gasteiger partial charge < -0.3 is 5.32 Å². The molecule has 5 heteroatoms. The van der Waals surface area contributed by atoms with Crippen LogP contribution in [0.15, 0.2) is 54.6 Å². The van der Waals surface area contributed by atoms with E-state index in [1.165, 1.54) is 4.90 Å². The summed E-state index contributed by atoms with van der Waals surface area (Å²) in [5, 5.41) is 3.48. The fourth-order valence-corrected chi connectivity index (χ4v) is 2.50. The second-order valence-electron chi connectivity index (χ2n) is 4.82. The standard InChI is InChI=1S/C16H13ClN2O2/c17-12-8-6-11(7-9-12)14-10-15(20)19(16(21)18-14)13-4-2-1-3-5-13/h1-9,14H,10H2,(H,18,21). The van der Waals surface area contributed by atoms with Gasteiger partial charge >= 0.3 is 6.03 Å². The second kappa shape index (κ2) is 5.58. The summed E-state index contributed by atoms with van der Waals surface area (Å²) in [7, 11) is 0. The van der Waals surface area contributed by atoms with E-state index in [1.54, 1.807) is 36.4 Å². The number of anilines is 1. The first-order chi connectivity index (χ1) is 10.1. The van der Waals surface area contributed by atoms with E-state index in [1.807, 2.05) is 18.2 Å². The Morgan fingerprint density at radius 2 is 1.67 bits per heavy atom. The van der Waals surface area contributed by atoms with Crippen molar-refractivity contribution < 1.29 is 9.59 Å². The van der Waals surface area contributed by atoms with Gasteiger partial charge in [-0.05, 0) is 29.8 Å². The number of imide groups is 1. The van der Waals surface area contributed by atoms with Crippen molar-refractivity contribution in [3.63, 3.8) is 0 Å². The Balaban J connectivity index is 1.83. The number of hydrogen-bond donors (Lipinski definition) is 1. The number of para-hydroxylation sites is 1. The molecule has 0 aromatic heterocycles. The van der Waals surface area contributed by atoms with Gasteiger partial charge in [0.2, 0.25) is 5.91 Å². The molecule has 0 bridgehead atoms. The first-order valence-corrected chi connectivity index (χ1v) is 6.97. The van der Waals surface area contributed by atoms with Gasteiger partial charge in [-0.3, -0.25) is 4.79 Å². The molecule has 2 aromatic carbocycles. The van der Waals surface area contributed by atoms with E-state index < -0.39 is 6.03 Å². The summed E-state index contributed by atoms with van der Waals surface area (Å²) >= 11 is 5.85. The van der Waals surface area contributed by atoms with Crippen LogP contribution in [0, 0.1) is 0 Å². The highest BCUT2D eigenvalue weighted by molar-refractivity contribution is 6.30. The molecule has 0 radical (unpaired) electrons. The molecule has 1 fully saturated rings. The molecule has 0 spiro atoms. The van der Waals surface area contributed by atoms with E-state index in [4.69, 9.17) is 11.6 Å². The Bertz CT molecular complexity index is 652. The SMILES string of the molecule is O=C1CC(c2ccc(Cl)cc2)NC(=O)N1c1ccccc1. The zero-order valence-corrected chi connectivity index (χ0v) is 11.9. The molecule has 3 rings (SSSR count). The van der Waals surface area contributed by atoms with E-state index >= 15 is 0 Å². The van der Waals surface area contributed by atoms with Crippen molar-refractivity contribution in [1.29, 1.82) is 0 Å². The lowest BCUT2D eigenvalue weighted by molar-refractivity contribution is -0.119. The number of nitrogens with one attached hydrogen (secondary N) is 1. The molecule has 1 saturated heterocycles. The van der Waals surface area contributed by atoms with Gasteiger partial charge in [-0.1, -0.05) is 41.9 Å². The predicted molar refractivity (Wildman–Crippen MR) is 81.3 cm³/mol. The van der Waals surface area contributed by atoms with Gasteiger partial charge in [0.1, 0.15) is 0 Å². The molecule has 1 unspecified atom stereocenters. The van der Waals surface area contributed by atoms with Gasteiger partial charge in [0, 0.05) is 5.02 Å². The molecule has 0 saturated carbocycles. The quantitative estimate of drug-likeness (QED) is 0.922. The highest BCUT2D eigenvalue weighted by atomic mass is 35.5. The molecule has 21 heavy (non-hydrogen) atoms. The fraction of sp³-hybridized carbons (Fsp3) is 0.125. The first kappa shape index (κ1) is 13.6. The maximum absolute atomic E-state index is 12.3. The summed E-state index contributed by atoms with van der Waals surface area (Å²) in [5.74, 6) is -0.218. The molecule has 3 amide bonds. The number of amides is 3. The first-order valence-electron chi connectivity index (χ1n) is 6.59. The topological polar surface area (TPSA) is 49.4 Å². The Kier molecular flexibility index (Phi) is 3.62. The van der Waals surface area contributed by atoms with Crippen molar-refractivity contribution >= 4 is 29.2 Å². The maximum Gasteiger partial charge on any atom is 0.329 e. The van der Waals surface area contributed by atoms with Crippen molar-refractivity contribution in [2.75, 3.05) is 4.90 Å². The molecule has 1 heterocycles. The van der Waals surface area contributed by atoms with Gasteiger partial charge in [0.05, 0.1) is 18.2 Å². The minimum absolute atomic E-state index is 0.218. The van der Waals surface area contributed by atoms with Crippen molar-refractivity contribution in [3.8, 4) is 0 Å². The van der Waals surface area contributed by atoms with Crippen LogP contribution in [0.3, 0.4) is 0 Å². The fourth-order valence-electron chi connectivity index (χ4n) is 2.38. The van der Waals surface area contributed by atoms with Gasteiger partial charge in [0.25, 0.3) is 0 Å². The summed E-state index contributed by atoms with van der Waals surface area (Å²) in [6, 6.07) is 15.3. The van der Waals surface area contributed by atoms with Crippen LogP contribution < -0.4 is 10.2 Å². The lowest BCUT2D eigenvalue weighted by atomic mass is 10.0. The highest BCUT2D eigenvalue weighted by Gasteiger charge is 2.33. The van der Waals surface area contributed by atoms with Gasteiger partial charge in [-0.2, -0.15) is 0 Å². The Hall–Kier alpha value is -2.33. The van der Waals surface area contributed by atoms with Gasteiger partial charge in [-0.25, -0.2) is 9.69 Å². The van der Waals surface area contributed by atoms with Gasteiger partial charge in [-0.15, -0.1) is 0 Å². The normalized spacial score (nSPS) is 18.5. The third kappa shape index (κ3) is 2.76. The number of benzene rings is 2. The van der Waals surface area contributed by atoms with Crippen molar-refractivity contribution in [1.82, 2.24) is 5.32 Å². The molecule has 1 aliphatic heterocycles. The Morgan fingerprint density at radius 3 is 2.29 bits per heavy atom. The number of nitrogens with zero attached hydrogens (tertiary/aromatic N) is 1. The van der Waals surface area contributed by atoms with Crippen LogP contribution >= 0.6 is 11.6 Å². The van der Waals surface area contributed by atoms with E-state index in [-0.39, 0.29) is 18.4 Å². The van der Waals surface area contributed by atoms with Crippen molar-refractivity contribution in [3.05, 3.63) is 65.2 Å². The van der Waals surface area contributed by atoms with Crippen LogP contribution in [0.1, 0.15) is 18.0 Å². The largest absolute Gasteiger partial charge is 0.330 e. The predicted octanol–water partition coefficient (Wildman–Crippen LogP) is 3.53. The molecule has 1 atom stereocenters. The van der Waals surface area contributed by atoms with E-state index in [0.717, 1.165) is 5.56 Å². The zero-order valence-electron chi connectivity index (χ0n) is 11.1. The minimum Gasteiger partial charge on any atom is -0.330 e. The summed E-state index contributed by atoms with van der Waals surface area (Å²) in [5.41, 5.74) is 1.45. The molecule has 106 valence electrons. The minimum atomic E-state index is -0.405. The number of halogens is 1. The maximum atomic E-state index is 12.3. The lowest BCUT2D eigenvalue weighted by Gasteiger charge is -2.31. The second-order valence-corrected chi connectivity index (χ2v) is 5.26. The van der Waals surface area contributed by atoms with Crippen LogP contribution in [-0.2, 0) is 4.79 Å². The summed E-state index contributed by atoms with van der Waals surface area (Å²) in [6.45, 7) is 0. The monoisotopic (exact) mass is 300 g/mol. The number of urea groups is 1. The van der Waals surface area contributed by atoms with Crippen LogP contribution in [0.4, 0.5) is 10.5 Å². The Morgan fingerprint density at radius 1 is 1.00 bits per heavy atom. The zero-order chi connectivity index (χ0) is 14.8. The summed E-state index contributed by atoms with van der Waals surface area (Å²) in [4.78, 5) is 25.7. The molecular formula is C16H13ClN2O2. The van der Waals surface area contributed by atoms with E-state index in [9.17, 15) is 9.59 Å². The van der Waals surface area contributed by atoms with Crippen molar-refractivity contribution in [2.24, 2.45) is 0 Å². The molecule has 0 aliphatic carbocycles. The highest BCUT2D eigenvalue weighted by Crippen LogP contribution is 2.26. The van der Waals surface area contributed by atoms with Crippen LogP contribution in [0.5, 0.6) is 0 Å². The van der Waals surface area contributed by atoms with Crippen LogP contribution in [-0.4, -0.2) is 11.9 Å². The number of carbonyl (C=O) groups excluding carboxylic acids is 2. The third-order valence-electron chi connectivity index (χ3n) is 3.42. The van der Waals surface area contributed by atoms with Crippen LogP contribution in [0.25, 0.3) is 0 Å². The number of hydrogen-bond acceptors (Lipinski definition) is 2. The van der Waals surface area contributed by atoms with Crippen molar-refractivity contribution in [2.45, 2.75) is 12.5 Å². The molecular weight excluding hydrogens is 288 g/mol. The van der Waals surface area contributed by atoms with Gasteiger partial charge in [0.15, 0.2) is 0 Å². The molecule has 1 aliphatic rings. The molecule has 1 N–H and O–H groups in total. The Labute approximate surface area is 127 Å². The smallest absolute Gasteiger partial charge is 0.329 e. The summed E-state index contributed by atoms with van der Waals surface area (Å²) in [6.07, 6.45) is 0.224. The summed E-state index contributed by atoms with van der Waals surface area (Å²) < 4.78 is 0.